The summed E-state index contributed by atoms with van der Waals surface area (Å²) in [5.74, 6) is 0.261. The summed E-state index contributed by atoms with van der Waals surface area (Å²) in [5.41, 5.74) is 0.238. The molecule has 0 unspecified atom stereocenters. The van der Waals surface area contributed by atoms with E-state index in [1.165, 1.54) is 22.8 Å². The van der Waals surface area contributed by atoms with Crippen LogP contribution in [-0.2, 0) is 14.8 Å². The summed E-state index contributed by atoms with van der Waals surface area (Å²) in [7, 11) is -3.58. The first kappa shape index (κ1) is 21.9. The van der Waals surface area contributed by atoms with Crippen molar-refractivity contribution in [1.29, 1.82) is 0 Å². The monoisotopic (exact) mass is 436 g/mol. The van der Waals surface area contributed by atoms with E-state index in [4.69, 9.17) is 4.74 Å². The van der Waals surface area contributed by atoms with Gasteiger partial charge >= 0.3 is 5.69 Å². The average Bonchev–Trinajstić information content (AvgIpc) is 2.75. The molecule has 0 atom stereocenters. The number of anilines is 3. The van der Waals surface area contributed by atoms with Crippen molar-refractivity contribution in [2.24, 2.45) is 0 Å². The normalized spacial score (nSPS) is 14.7. The molecule has 0 spiro atoms. The van der Waals surface area contributed by atoms with Crippen LogP contribution in [0.3, 0.4) is 0 Å². The molecule has 11 nitrogen and oxygen atoms in total. The van der Waals surface area contributed by atoms with E-state index in [-0.39, 0.29) is 22.2 Å². The third-order valence-electron chi connectivity index (χ3n) is 4.76. The van der Waals surface area contributed by atoms with Crippen molar-refractivity contribution in [2.75, 3.05) is 49.6 Å². The topological polar surface area (TPSA) is 131 Å². The van der Waals surface area contributed by atoms with Gasteiger partial charge in [-0.2, -0.15) is 4.31 Å². The Morgan fingerprint density at radius 3 is 2.37 bits per heavy atom. The summed E-state index contributed by atoms with van der Waals surface area (Å²) >= 11 is 0. The molecule has 1 aromatic carbocycles. The molecule has 1 aromatic heterocycles. The van der Waals surface area contributed by atoms with Gasteiger partial charge in [0.25, 0.3) is 0 Å². The minimum atomic E-state index is -3.58. The second-order valence-electron chi connectivity index (χ2n) is 6.49. The zero-order chi connectivity index (χ0) is 21.7. The average molecular weight is 436 g/mol. The molecule has 3 rings (SSSR count). The molecule has 2 aromatic rings. The summed E-state index contributed by atoms with van der Waals surface area (Å²) in [6.45, 7) is 6.21. The van der Waals surface area contributed by atoms with Crippen molar-refractivity contribution in [3.05, 3.63) is 40.7 Å². The first-order valence-corrected chi connectivity index (χ1v) is 11.0. The van der Waals surface area contributed by atoms with E-state index in [1.54, 1.807) is 30.9 Å². The maximum Gasteiger partial charge on any atom is 0.353 e. The van der Waals surface area contributed by atoms with Gasteiger partial charge in [-0.15, -0.1) is 0 Å². The van der Waals surface area contributed by atoms with Crippen LogP contribution in [0.15, 0.2) is 35.5 Å². The maximum atomic E-state index is 12.6. The van der Waals surface area contributed by atoms with E-state index >= 15 is 0 Å². The quantitative estimate of drug-likeness (QED) is 0.487. The van der Waals surface area contributed by atoms with Crippen LogP contribution in [0.1, 0.15) is 13.8 Å². The Labute approximate surface area is 174 Å². The molecule has 30 heavy (non-hydrogen) atoms. The molecule has 0 amide bonds. The van der Waals surface area contributed by atoms with Crippen LogP contribution in [0.4, 0.5) is 23.0 Å². The molecule has 0 saturated carbocycles. The number of nitrogens with zero attached hydrogens (tertiary/aromatic N) is 5. The van der Waals surface area contributed by atoms with Crippen molar-refractivity contribution in [1.82, 2.24) is 14.3 Å². The number of nitrogens with one attached hydrogen (secondary N) is 1. The van der Waals surface area contributed by atoms with Gasteiger partial charge in [-0.1, -0.05) is 13.8 Å². The summed E-state index contributed by atoms with van der Waals surface area (Å²) in [4.78, 5) is 21.3. The molecular formula is C18H24N6O5S. The Bertz CT molecular complexity index is 989. The number of aromatic nitrogens is 2. The smallest absolute Gasteiger partial charge is 0.353 e. The summed E-state index contributed by atoms with van der Waals surface area (Å²) in [6, 6.07) is 6.03. The molecule has 1 aliphatic rings. The molecule has 1 fully saturated rings. The molecule has 2 heterocycles. The van der Waals surface area contributed by atoms with Crippen molar-refractivity contribution >= 4 is 33.0 Å². The van der Waals surface area contributed by atoms with Crippen LogP contribution in [0, 0.1) is 10.1 Å². The predicted octanol–water partition coefficient (Wildman–Crippen LogP) is 2.00. The van der Waals surface area contributed by atoms with Gasteiger partial charge in [0.2, 0.25) is 21.7 Å². The van der Waals surface area contributed by atoms with E-state index in [0.29, 0.717) is 45.1 Å². The van der Waals surface area contributed by atoms with Gasteiger partial charge < -0.3 is 15.0 Å². The predicted molar refractivity (Wildman–Crippen MR) is 112 cm³/mol. The molecule has 1 aliphatic heterocycles. The summed E-state index contributed by atoms with van der Waals surface area (Å²) < 4.78 is 31.9. The Balaban J connectivity index is 1.88. The highest BCUT2D eigenvalue weighted by atomic mass is 32.2. The molecule has 162 valence electrons. The van der Waals surface area contributed by atoms with Crippen LogP contribution in [-0.4, -0.2) is 67.0 Å². The highest BCUT2D eigenvalue weighted by Crippen LogP contribution is 2.34. The number of nitro groups is 1. The lowest BCUT2D eigenvalue weighted by atomic mass is 10.3. The zero-order valence-electron chi connectivity index (χ0n) is 16.8. The van der Waals surface area contributed by atoms with E-state index in [0.717, 1.165) is 0 Å². The van der Waals surface area contributed by atoms with Crippen LogP contribution in [0.2, 0.25) is 0 Å². The van der Waals surface area contributed by atoms with Gasteiger partial charge in [-0.25, -0.2) is 18.4 Å². The number of ether oxygens (including phenoxy) is 1. The number of benzene rings is 1. The van der Waals surface area contributed by atoms with Crippen molar-refractivity contribution in [2.45, 2.75) is 18.7 Å². The molecule has 0 aliphatic carbocycles. The van der Waals surface area contributed by atoms with Gasteiger partial charge in [0.05, 0.1) is 23.0 Å². The van der Waals surface area contributed by atoms with Crippen LogP contribution in [0.5, 0.6) is 0 Å². The van der Waals surface area contributed by atoms with E-state index in [1.807, 2.05) is 0 Å². The Kier molecular flexibility index (Phi) is 6.80. The van der Waals surface area contributed by atoms with Crippen LogP contribution >= 0.6 is 0 Å². The fourth-order valence-corrected chi connectivity index (χ4v) is 4.65. The van der Waals surface area contributed by atoms with Gasteiger partial charge in [-0.3, -0.25) is 10.1 Å². The second-order valence-corrected chi connectivity index (χ2v) is 8.43. The van der Waals surface area contributed by atoms with Crippen molar-refractivity contribution in [3.63, 3.8) is 0 Å². The fraction of sp³-hybridized carbons (Fsp3) is 0.444. The number of rotatable bonds is 8. The summed E-state index contributed by atoms with van der Waals surface area (Å²) in [5, 5.41) is 14.7. The minimum Gasteiger partial charge on any atom is -0.378 e. The minimum absolute atomic E-state index is 0.0378. The number of hydrogen-bond donors (Lipinski definition) is 1. The van der Waals surface area contributed by atoms with Crippen LogP contribution in [0.25, 0.3) is 0 Å². The Morgan fingerprint density at radius 1 is 1.17 bits per heavy atom. The van der Waals surface area contributed by atoms with Crippen LogP contribution < -0.4 is 10.2 Å². The second kappa shape index (κ2) is 9.32. The lowest BCUT2D eigenvalue weighted by Gasteiger charge is -2.27. The van der Waals surface area contributed by atoms with Crippen molar-refractivity contribution < 1.29 is 18.1 Å². The van der Waals surface area contributed by atoms with E-state index < -0.39 is 14.9 Å². The largest absolute Gasteiger partial charge is 0.378 e. The molecule has 0 bridgehead atoms. The maximum absolute atomic E-state index is 12.6. The lowest BCUT2D eigenvalue weighted by molar-refractivity contribution is -0.383. The Hall–Kier alpha value is -2.83. The third-order valence-corrected chi connectivity index (χ3v) is 6.82. The highest BCUT2D eigenvalue weighted by Gasteiger charge is 2.28. The molecule has 1 N–H and O–H groups in total. The first-order chi connectivity index (χ1) is 14.4. The zero-order valence-corrected chi connectivity index (χ0v) is 17.6. The standard InChI is InChI=1S/C18H24N6O5S/c1-3-23(4-2)30(27,28)15-7-5-14(6-8-15)21-17-16(24(25)26)18(20-13-19-17)22-9-11-29-12-10-22/h5-8,13H,3-4,9-12H2,1-2H3,(H,19,20,21). The number of hydrogen-bond acceptors (Lipinski definition) is 9. The SMILES string of the molecule is CCN(CC)S(=O)(=O)c1ccc(Nc2ncnc(N3CCOCC3)c2[N+](=O)[O-])cc1. The van der Waals surface area contributed by atoms with Gasteiger partial charge in [0.15, 0.2) is 0 Å². The Morgan fingerprint density at radius 2 is 1.80 bits per heavy atom. The van der Waals surface area contributed by atoms with Gasteiger partial charge in [0, 0.05) is 31.9 Å². The van der Waals surface area contributed by atoms with E-state index in [9.17, 15) is 18.5 Å². The van der Waals surface area contributed by atoms with Gasteiger partial charge in [0.1, 0.15) is 6.33 Å². The molecule has 1 saturated heterocycles. The number of sulfonamides is 1. The lowest BCUT2D eigenvalue weighted by Crippen LogP contribution is -2.37. The highest BCUT2D eigenvalue weighted by molar-refractivity contribution is 7.89. The van der Waals surface area contributed by atoms with E-state index in [2.05, 4.69) is 15.3 Å². The summed E-state index contributed by atoms with van der Waals surface area (Å²) in [6.07, 6.45) is 1.26. The molecule has 12 heteroatoms. The number of morpholine rings is 1. The third kappa shape index (κ3) is 4.50. The van der Waals surface area contributed by atoms with Gasteiger partial charge in [-0.05, 0) is 24.3 Å². The first-order valence-electron chi connectivity index (χ1n) is 9.57. The fourth-order valence-electron chi connectivity index (χ4n) is 3.20. The molecular weight excluding hydrogens is 412 g/mol. The molecule has 0 radical (unpaired) electrons. The van der Waals surface area contributed by atoms with Crippen molar-refractivity contribution in [3.8, 4) is 0 Å².